The number of benzene rings is 2. The number of anilines is 1. The van der Waals surface area contributed by atoms with Crippen LogP contribution in [-0.2, 0) is 4.79 Å². The van der Waals surface area contributed by atoms with E-state index in [9.17, 15) is 4.79 Å². The number of hydrogen-bond donors (Lipinski definition) is 1. The third kappa shape index (κ3) is 4.29. The Kier molecular flexibility index (Phi) is 5.52. The predicted octanol–water partition coefficient (Wildman–Crippen LogP) is 4.41. The number of rotatable bonds is 5. The van der Waals surface area contributed by atoms with Gasteiger partial charge in [-0.1, -0.05) is 29.3 Å². The van der Waals surface area contributed by atoms with Crippen LogP contribution in [0.1, 0.15) is 6.92 Å². The fraction of sp³-hybridized carbons (Fsp3) is 0.188. The van der Waals surface area contributed by atoms with E-state index in [1.165, 1.54) is 0 Å². The second kappa shape index (κ2) is 7.38. The third-order valence-electron chi connectivity index (χ3n) is 2.91. The van der Waals surface area contributed by atoms with E-state index in [-0.39, 0.29) is 5.91 Å². The molecule has 2 rings (SSSR count). The van der Waals surface area contributed by atoms with E-state index < -0.39 is 6.10 Å². The van der Waals surface area contributed by atoms with Gasteiger partial charge < -0.3 is 14.8 Å². The van der Waals surface area contributed by atoms with Gasteiger partial charge in [-0.05, 0) is 31.2 Å². The van der Waals surface area contributed by atoms with Crippen molar-refractivity contribution in [1.82, 2.24) is 0 Å². The molecule has 0 bridgehead atoms. The molecular formula is C16H15Cl2NO3. The maximum Gasteiger partial charge on any atom is 0.265 e. The minimum Gasteiger partial charge on any atom is -0.497 e. The Hall–Kier alpha value is -1.91. The Morgan fingerprint density at radius 1 is 1.09 bits per heavy atom. The molecule has 2 aromatic carbocycles. The van der Waals surface area contributed by atoms with Crippen molar-refractivity contribution in [3.8, 4) is 11.5 Å². The standard InChI is InChI=1S/C16H15Cl2NO3/c1-10(22-13-6-7-14(17)15(18)9-13)16(20)19-11-4-3-5-12(8-11)21-2/h3-10H,1-2H3,(H,19,20). The number of amides is 1. The summed E-state index contributed by atoms with van der Waals surface area (Å²) >= 11 is 11.8. The summed E-state index contributed by atoms with van der Waals surface area (Å²) in [6.07, 6.45) is -0.691. The summed E-state index contributed by atoms with van der Waals surface area (Å²) in [5.41, 5.74) is 0.633. The Morgan fingerprint density at radius 2 is 1.86 bits per heavy atom. The molecule has 1 N–H and O–H groups in total. The summed E-state index contributed by atoms with van der Waals surface area (Å²) in [7, 11) is 1.57. The van der Waals surface area contributed by atoms with Crippen LogP contribution in [-0.4, -0.2) is 19.1 Å². The summed E-state index contributed by atoms with van der Waals surface area (Å²) in [5, 5.41) is 3.57. The zero-order valence-corrected chi connectivity index (χ0v) is 13.6. The van der Waals surface area contributed by atoms with Crippen LogP contribution >= 0.6 is 23.2 Å². The zero-order chi connectivity index (χ0) is 16.1. The van der Waals surface area contributed by atoms with Crippen LogP contribution in [0, 0.1) is 0 Å². The Balaban J connectivity index is 2.00. The zero-order valence-electron chi connectivity index (χ0n) is 12.1. The van der Waals surface area contributed by atoms with Crippen LogP contribution in [0.15, 0.2) is 42.5 Å². The lowest BCUT2D eigenvalue weighted by atomic mass is 10.2. The van der Waals surface area contributed by atoms with Gasteiger partial charge in [0.2, 0.25) is 0 Å². The largest absolute Gasteiger partial charge is 0.497 e. The summed E-state index contributed by atoms with van der Waals surface area (Å²) < 4.78 is 10.7. The maximum atomic E-state index is 12.1. The molecule has 0 aliphatic rings. The summed E-state index contributed by atoms with van der Waals surface area (Å²) in [4.78, 5) is 12.1. The SMILES string of the molecule is COc1cccc(NC(=O)C(C)Oc2ccc(Cl)c(Cl)c2)c1. The first kappa shape index (κ1) is 16.5. The topological polar surface area (TPSA) is 47.6 Å². The molecular weight excluding hydrogens is 325 g/mol. The van der Waals surface area contributed by atoms with Crippen LogP contribution in [0.2, 0.25) is 10.0 Å². The third-order valence-corrected chi connectivity index (χ3v) is 3.65. The molecule has 2 aromatic rings. The van der Waals surface area contributed by atoms with Crippen LogP contribution in [0.3, 0.4) is 0 Å². The lowest BCUT2D eigenvalue weighted by Crippen LogP contribution is -2.30. The van der Waals surface area contributed by atoms with E-state index in [1.54, 1.807) is 56.5 Å². The monoisotopic (exact) mass is 339 g/mol. The van der Waals surface area contributed by atoms with E-state index >= 15 is 0 Å². The second-order valence-electron chi connectivity index (χ2n) is 4.56. The molecule has 4 nitrogen and oxygen atoms in total. The van der Waals surface area contributed by atoms with E-state index in [2.05, 4.69) is 5.32 Å². The fourth-order valence-corrected chi connectivity index (χ4v) is 2.04. The lowest BCUT2D eigenvalue weighted by molar-refractivity contribution is -0.122. The van der Waals surface area contributed by atoms with Gasteiger partial charge >= 0.3 is 0 Å². The number of hydrogen-bond acceptors (Lipinski definition) is 3. The van der Waals surface area contributed by atoms with Crippen LogP contribution in [0.4, 0.5) is 5.69 Å². The molecule has 116 valence electrons. The molecule has 22 heavy (non-hydrogen) atoms. The van der Waals surface area contributed by atoms with Crippen molar-refractivity contribution in [2.24, 2.45) is 0 Å². The molecule has 1 unspecified atom stereocenters. The van der Waals surface area contributed by atoms with Crippen molar-refractivity contribution in [2.45, 2.75) is 13.0 Å². The first-order valence-corrected chi connectivity index (χ1v) is 7.32. The van der Waals surface area contributed by atoms with E-state index in [4.69, 9.17) is 32.7 Å². The van der Waals surface area contributed by atoms with Gasteiger partial charge in [-0.15, -0.1) is 0 Å². The minimum absolute atomic E-state index is 0.278. The van der Waals surface area contributed by atoms with Crippen molar-refractivity contribution in [3.63, 3.8) is 0 Å². The highest BCUT2D eigenvalue weighted by Gasteiger charge is 2.15. The molecule has 0 saturated carbocycles. The number of ether oxygens (including phenoxy) is 2. The molecule has 0 fully saturated rings. The molecule has 0 aliphatic heterocycles. The van der Waals surface area contributed by atoms with Crippen LogP contribution < -0.4 is 14.8 Å². The van der Waals surface area contributed by atoms with Gasteiger partial charge in [0.25, 0.3) is 5.91 Å². The van der Waals surface area contributed by atoms with Crippen molar-refractivity contribution in [2.75, 3.05) is 12.4 Å². The van der Waals surface area contributed by atoms with E-state index in [0.717, 1.165) is 0 Å². The highest BCUT2D eigenvalue weighted by Crippen LogP contribution is 2.27. The van der Waals surface area contributed by atoms with Gasteiger partial charge in [-0.25, -0.2) is 0 Å². The molecule has 0 aliphatic carbocycles. The maximum absolute atomic E-state index is 12.1. The van der Waals surface area contributed by atoms with Crippen LogP contribution in [0.5, 0.6) is 11.5 Å². The average molecular weight is 340 g/mol. The summed E-state index contributed by atoms with van der Waals surface area (Å²) in [6.45, 7) is 1.65. The van der Waals surface area contributed by atoms with E-state index in [0.29, 0.717) is 27.2 Å². The number of halogens is 2. The number of carbonyl (C=O) groups is 1. The molecule has 0 heterocycles. The molecule has 0 spiro atoms. The number of carbonyl (C=O) groups excluding carboxylic acids is 1. The molecule has 6 heteroatoms. The van der Waals surface area contributed by atoms with Crippen molar-refractivity contribution >= 4 is 34.8 Å². The second-order valence-corrected chi connectivity index (χ2v) is 5.37. The van der Waals surface area contributed by atoms with Crippen molar-refractivity contribution < 1.29 is 14.3 Å². The Bertz CT molecular complexity index is 676. The summed E-state index contributed by atoms with van der Waals surface area (Å²) in [6, 6.07) is 11.9. The number of nitrogens with one attached hydrogen (secondary N) is 1. The van der Waals surface area contributed by atoms with E-state index in [1.807, 2.05) is 0 Å². The predicted molar refractivity (Wildman–Crippen MR) is 88.2 cm³/mol. The molecule has 0 radical (unpaired) electrons. The Labute approximate surface area is 138 Å². The number of methoxy groups -OCH3 is 1. The van der Waals surface area contributed by atoms with Gasteiger partial charge in [-0.2, -0.15) is 0 Å². The first-order chi connectivity index (χ1) is 10.5. The van der Waals surface area contributed by atoms with Gasteiger partial charge in [0.05, 0.1) is 17.2 Å². The molecule has 1 amide bonds. The van der Waals surface area contributed by atoms with Crippen LogP contribution in [0.25, 0.3) is 0 Å². The van der Waals surface area contributed by atoms with Crippen molar-refractivity contribution in [3.05, 3.63) is 52.5 Å². The van der Waals surface area contributed by atoms with Gasteiger partial charge in [0.15, 0.2) is 6.10 Å². The first-order valence-electron chi connectivity index (χ1n) is 6.56. The normalized spacial score (nSPS) is 11.6. The molecule has 0 aromatic heterocycles. The van der Waals surface area contributed by atoms with Gasteiger partial charge in [-0.3, -0.25) is 4.79 Å². The molecule has 0 saturated heterocycles. The smallest absolute Gasteiger partial charge is 0.265 e. The summed E-state index contributed by atoms with van der Waals surface area (Å²) in [5.74, 6) is 0.859. The average Bonchev–Trinajstić information content (AvgIpc) is 2.51. The lowest BCUT2D eigenvalue weighted by Gasteiger charge is -2.15. The Morgan fingerprint density at radius 3 is 2.55 bits per heavy atom. The van der Waals surface area contributed by atoms with Gasteiger partial charge in [0.1, 0.15) is 11.5 Å². The highest BCUT2D eigenvalue weighted by molar-refractivity contribution is 6.42. The quantitative estimate of drug-likeness (QED) is 0.877. The van der Waals surface area contributed by atoms with Gasteiger partial charge in [0, 0.05) is 17.8 Å². The minimum atomic E-state index is -0.691. The van der Waals surface area contributed by atoms with Crippen molar-refractivity contribution in [1.29, 1.82) is 0 Å². The fourth-order valence-electron chi connectivity index (χ4n) is 1.75. The molecule has 1 atom stereocenters. The highest BCUT2D eigenvalue weighted by atomic mass is 35.5.